The Kier molecular flexibility index (Phi) is 12.3. The van der Waals surface area contributed by atoms with E-state index in [0.29, 0.717) is 0 Å². The highest BCUT2D eigenvalue weighted by Gasteiger charge is 1.93. The number of rotatable bonds is 3. The molecule has 0 nitrogen and oxygen atoms in total. The highest BCUT2D eigenvalue weighted by atomic mass is 35.5. The summed E-state index contributed by atoms with van der Waals surface area (Å²) < 4.78 is 0. The van der Waals surface area contributed by atoms with Gasteiger partial charge in [0.1, 0.15) is 0 Å². The lowest BCUT2D eigenvalue weighted by Crippen LogP contribution is -1.89. The van der Waals surface area contributed by atoms with Crippen molar-refractivity contribution in [3.8, 4) is 0 Å². The van der Waals surface area contributed by atoms with Crippen molar-refractivity contribution in [3.05, 3.63) is 71.8 Å². The summed E-state index contributed by atoms with van der Waals surface area (Å²) in [5.41, 5.74) is 2.83. The molecule has 0 bridgehead atoms. The molecule has 0 atom stereocenters. The summed E-state index contributed by atoms with van der Waals surface area (Å²) in [6.45, 7) is 4.25. The highest BCUT2D eigenvalue weighted by Crippen LogP contribution is 2.06. The first-order valence-corrected chi connectivity index (χ1v) is 7.58. The summed E-state index contributed by atoms with van der Waals surface area (Å²) in [4.78, 5) is 0. The molecular weight excluding hydrogens is 252 g/mol. The van der Waals surface area contributed by atoms with Gasteiger partial charge in [0.25, 0.3) is 0 Å². The summed E-state index contributed by atoms with van der Waals surface area (Å²) in [5.74, 6) is 0. The molecule has 1 heteroatoms. The maximum absolute atomic E-state index is 4.64. The van der Waals surface area contributed by atoms with E-state index in [1.807, 2.05) is 0 Å². The molecule has 0 saturated carbocycles. The molecule has 2 rings (SSSR count). The molecule has 0 fully saturated rings. The third kappa shape index (κ3) is 9.32. The molecule has 0 aliphatic heterocycles. The van der Waals surface area contributed by atoms with Crippen molar-refractivity contribution < 1.29 is 0 Å². The molecule has 0 N–H and O–H groups in total. The largest absolute Gasteiger partial charge is 0.130 e. The summed E-state index contributed by atoms with van der Waals surface area (Å²) in [5, 5.41) is 0. The van der Waals surface area contributed by atoms with Crippen molar-refractivity contribution in [3.63, 3.8) is 0 Å². The molecule has 0 aliphatic carbocycles. The minimum absolute atomic E-state index is 1.13. The molecule has 0 unspecified atom stereocenters. The van der Waals surface area contributed by atoms with Crippen LogP contribution in [0.15, 0.2) is 60.7 Å². The van der Waals surface area contributed by atoms with Crippen LogP contribution < -0.4 is 0 Å². The van der Waals surface area contributed by atoms with Crippen LogP contribution in [0.5, 0.6) is 0 Å². The van der Waals surface area contributed by atoms with Crippen LogP contribution >= 0.6 is 11.6 Å². The predicted molar refractivity (Wildman–Crippen MR) is 88.0 cm³/mol. The first-order valence-electron chi connectivity index (χ1n) is 6.82. The van der Waals surface area contributed by atoms with Gasteiger partial charge in [-0.25, -0.2) is 0 Å². The first-order chi connectivity index (χ1) is 9.36. The van der Waals surface area contributed by atoms with Gasteiger partial charge in [-0.3, -0.25) is 0 Å². The van der Waals surface area contributed by atoms with E-state index in [1.54, 1.807) is 0 Å². The Hall–Kier alpha value is -1.27. The standard InChI is InChI=1S/C14H14.C3H8.CH3Cl/c1-3-7-13(8-4-1)11-12-14-9-5-2-6-10-14;1-3-2;1-2/h1-10H,11-12H2;3H2,1-2H3;1H3. The van der Waals surface area contributed by atoms with E-state index in [4.69, 9.17) is 0 Å². The van der Waals surface area contributed by atoms with Gasteiger partial charge in [-0.2, -0.15) is 0 Å². The minimum Gasteiger partial charge on any atom is -0.130 e. The monoisotopic (exact) mass is 276 g/mol. The van der Waals surface area contributed by atoms with Crippen LogP contribution in [0, 0.1) is 0 Å². The zero-order chi connectivity index (χ0) is 14.3. The van der Waals surface area contributed by atoms with E-state index in [0.717, 1.165) is 12.8 Å². The molecule has 0 radical (unpaired) electrons. The maximum Gasteiger partial charge on any atom is 0.0108 e. The number of aryl methyl sites for hydroxylation is 2. The number of hydrogen-bond donors (Lipinski definition) is 0. The normalized spacial score (nSPS) is 8.63. The third-order valence-corrected chi connectivity index (χ3v) is 2.39. The summed E-state index contributed by atoms with van der Waals surface area (Å²) in [6, 6.07) is 21.2. The zero-order valence-electron chi connectivity index (χ0n) is 12.3. The second-order valence-corrected chi connectivity index (χ2v) is 4.18. The number of halogens is 1. The van der Waals surface area contributed by atoms with E-state index in [1.165, 1.54) is 23.9 Å². The second kappa shape index (κ2) is 13.2. The summed E-state index contributed by atoms with van der Waals surface area (Å²) >= 11 is 4.64. The summed E-state index contributed by atoms with van der Waals surface area (Å²) in [7, 11) is 0. The lowest BCUT2D eigenvalue weighted by atomic mass is 10.0. The molecule has 2 aromatic carbocycles. The number of benzene rings is 2. The third-order valence-electron chi connectivity index (χ3n) is 2.39. The lowest BCUT2D eigenvalue weighted by Gasteiger charge is -2.01. The minimum atomic E-state index is 1.13. The summed E-state index contributed by atoms with van der Waals surface area (Å²) in [6.07, 6.45) is 4.98. The zero-order valence-corrected chi connectivity index (χ0v) is 13.0. The first kappa shape index (κ1) is 17.7. The molecule has 0 amide bonds. The number of hydrogen-bond acceptors (Lipinski definition) is 0. The fraction of sp³-hybridized carbons (Fsp3) is 0.333. The quantitative estimate of drug-likeness (QED) is 0.627. The Morgan fingerprint density at radius 3 is 1.16 bits per heavy atom. The van der Waals surface area contributed by atoms with E-state index >= 15 is 0 Å². The van der Waals surface area contributed by atoms with E-state index in [-0.39, 0.29) is 0 Å². The fourth-order valence-electron chi connectivity index (χ4n) is 1.58. The van der Waals surface area contributed by atoms with Gasteiger partial charge in [-0.05, 0) is 24.0 Å². The van der Waals surface area contributed by atoms with E-state index < -0.39 is 0 Å². The maximum atomic E-state index is 4.64. The van der Waals surface area contributed by atoms with Gasteiger partial charge >= 0.3 is 0 Å². The van der Waals surface area contributed by atoms with Crippen LogP contribution in [0.3, 0.4) is 0 Å². The van der Waals surface area contributed by atoms with Gasteiger partial charge in [0.2, 0.25) is 0 Å². The lowest BCUT2D eigenvalue weighted by molar-refractivity contribution is 0.960. The molecule has 2 aromatic rings. The highest BCUT2D eigenvalue weighted by molar-refractivity contribution is 6.15. The SMILES string of the molecule is CCC.CCl.c1ccc(CCc2ccccc2)cc1. The Morgan fingerprint density at radius 1 is 0.632 bits per heavy atom. The van der Waals surface area contributed by atoms with Gasteiger partial charge in [0, 0.05) is 6.38 Å². The Labute approximate surface area is 123 Å². The molecule has 0 aliphatic rings. The fourth-order valence-corrected chi connectivity index (χ4v) is 1.58. The van der Waals surface area contributed by atoms with Crippen LogP contribution in [-0.2, 0) is 12.8 Å². The van der Waals surface area contributed by atoms with Gasteiger partial charge in [0.05, 0.1) is 0 Å². The Morgan fingerprint density at radius 2 is 0.895 bits per heavy atom. The molecule has 0 aromatic heterocycles. The second-order valence-electron chi connectivity index (χ2n) is 4.18. The van der Waals surface area contributed by atoms with Crippen molar-refractivity contribution in [2.45, 2.75) is 33.1 Å². The van der Waals surface area contributed by atoms with E-state index in [9.17, 15) is 0 Å². The molecule has 0 heterocycles. The Bertz CT molecular complexity index is 341. The van der Waals surface area contributed by atoms with Crippen LogP contribution in [0.1, 0.15) is 31.4 Å². The van der Waals surface area contributed by atoms with Crippen LogP contribution in [0.4, 0.5) is 0 Å². The van der Waals surface area contributed by atoms with Crippen molar-refractivity contribution in [2.24, 2.45) is 0 Å². The van der Waals surface area contributed by atoms with Gasteiger partial charge in [-0.15, -0.1) is 11.6 Å². The Balaban J connectivity index is 0.000000573. The predicted octanol–water partition coefficient (Wildman–Crippen LogP) is 5.74. The number of alkyl halides is 1. The smallest absolute Gasteiger partial charge is 0.0108 e. The molecule has 19 heavy (non-hydrogen) atoms. The molecule has 0 saturated heterocycles. The van der Waals surface area contributed by atoms with Crippen molar-refractivity contribution in [2.75, 3.05) is 6.38 Å². The average molecular weight is 277 g/mol. The van der Waals surface area contributed by atoms with Crippen LogP contribution in [0.25, 0.3) is 0 Å². The van der Waals surface area contributed by atoms with Crippen LogP contribution in [-0.4, -0.2) is 6.38 Å². The van der Waals surface area contributed by atoms with E-state index in [2.05, 4.69) is 86.1 Å². The van der Waals surface area contributed by atoms with Gasteiger partial charge in [0.15, 0.2) is 0 Å². The van der Waals surface area contributed by atoms with Crippen molar-refractivity contribution in [1.29, 1.82) is 0 Å². The van der Waals surface area contributed by atoms with Gasteiger partial charge < -0.3 is 0 Å². The average Bonchev–Trinajstić information content (AvgIpc) is 2.50. The van der Waals surface area contributed by atoms with Crippen LogP contribution in [0.2, 0.25) is 0 Å². The topological polar surface area (TPSA) is 0 Å². The van der Waals surface area contributed by atoms with Crippen molar-refractivity contribution in [1.82, 2.24) is 0 Å². The molecule has 0 spiro atoms. The van der Waals surface area contributed by atoms with Gasteiger partial charge in [-0.1, -0.05) is 80.9 Å². The van der Waals surface area contributed by atoms with Crippen molar-refractivity contribution >= 4 is 11.6 Å². The molecule has 104 valence electrons. The molecular formula is C18H25Cl.